The Labute approximate surface area is 92.6 Å². The normalized spacial score (nSPS) is 23.5. The van der Waals surface area contributed by atoms with E-state index in [4.69, 9.17) is 5.11 Å². The van der Waals surface area contributed by atoms with Crippen molar-refractivity contribution in [3.05, 3.63) is 35.4 Å². The zero-order chi connectivity index (χ0) is 12.8. The standard InChI is InChI=1S/C10H6F4O3/c11-5-1-2-6(7(12)3-5)9(4-17-9)10(13,14)8(15)16/h1-3H,4H2,(H,15,16). The Morgan fingerprint density at radius 2 is 2.00 bits per heavy atom. The number of carboxylic acid groups (broad SMARTS) is 1. The summed E-state index contributed by atoms with van der Waals surface area (Å²) in [6.07, 6.45) is 0. The molecular formula is C10H6F4O3. The van der Waals surface area contributed by atoms with Gasteiger partial charge in [-0.25, -0.2) is 13.6 Å². The van der Waals surface area contributed by atoms with E-state index in [-0.39, 0.29) is 0 Å². The number of ether oxygens (including phenoxy) is 1. The molecular weight excluding hydrogens is 244 g/mol. The zero-order valence-electron chi connectivity index (χ0n) is 8.21. The lowest BCUT2D eigenvalue weighted by Crippen LogP contribution is -2.43. The average Bonchev–Trinajstić information content (AvgIpc) is 2.98. The summed E-state index contributed by atoms with van der Waals surface area (Å²) in [6.45, 7) is -0.630. The molecule has 3 nitrogen and oxygen atoms in total. The van der Waals surface area contributed by atoms with Crippen LogP contribution in [0.2, 0.25) is 0 Å². The smallest absolute Gasteiger partial charge is 0.378 e. The van der Waals surface area contributed by atoms with E-state index in [2.05, 4.69) is 4.74 Å². The second kappa shape index (κ2) is 3.43. The SMILES string of the molecule is O=C(O)C(F)(F)C1(c2ccc(F)cc2F)CO1. The maximum absolute atomic E-state index is 13.4. The van der Waals surface area contributed by atoms with Gasteiger partial charge in [0.25, 0.3) is 0 Å². The summed E-state index contributed by atoms with van der Waals surface area (Å²) in [4.78, 5) is 10.4. The van der Waals surface area contributed by atoms with Crippen molar-refractivity contribution in [2.75, 3.05) is 6.61 Å². The van der Waals surface area contributed by atoms with Crippen molar-refractivity contribution in [3.63, 3.8) is 0 Å². The number of carboxylic acids is 1. The fourth-order valence-corrected chi connectivity index (χ4v) is 1.57. The van der Waals surface area contributed by atoms with Crippen LogP contribution in [-0.4, -0.2) is 23.6 Å². The Balaban J connectivity index is 2.50. The van der Waals surface area contributed by atoms with E-state index < -0.39 is 41.3 Å². The van der Waals surface area contributed by atoms with Gasteiger partial charge >= 0.3 is 11.9 Å². The number of hydrogen-bond donors (Lipinski definition) is 1. The summed E-state index contributed by atoms with van der Waals surface area (Å²) >= 11 is 0. The minimum absolute atomic E-state index is 0.399. The molecule has 0 bridgehead atoms. The Morgan fingerprint density at radius 1 is 1.41 bits per heavy atom. The van der Waals surface area contributed by atoms with Crippen LogP contribution in [0.15, 0.2) is 18.2 Å². The molecule has 1 aliphatic rings. The molecule has 1 fully saturated rings. The van der Waals surface area contributed by atoms with Crippen molar-refractivity contribution in [3.8, 4) is 0 Å². The highest BCUT2D eigenvalue weighted by Gasteiger charge is 2.71. The van der Waals surface area contributed by atoms with Gasteiger partial charge in [-0.1, -0.05) is 0 Å². The Morgan fingerprint density at radius 3 is 2.41 bits per heavy atom. The second-order valence-electron chi connectivity index (χ2n) is 3.62. The first-order chi connectivity index (χ1) is 7.81. The maximum atomic E-state index is 13.4. The molecule has 0 aromatic heterocycles. The lowest BCUT2D eigenvalue weighted by Gasteiger charge is -2.20. The molecule has 0 amide bonds. The zero-order valence-corrected chi connectivity index (χ0v) is 8.21. The van der Waals surface area contributed by atoms with E-state index in [0.717, 1.165) is 12.1 Å². The minimum Gasteiger partial charge on any atom is -0.477 e. The molecule has 1 aliphatic heterocycles. The summed E-state index contributed by atoms with van der Waals surface area (Å²) < 4.78 is 57.1. The summed E-state index contributed by atoms with van der Waals surface area (Å²) in [5.74, 6) is -8.89. The van der Waals surface area contributed by atoms with Crippen LogP contribution in [0.25, 0.3) is 0 Å². The van der Waals surface area contributed by atoms with Crippen molar-refractivity contribution < 1.29 is 32.2 Å². The number of epoxide rings is 1. The highest BCUT2D eigenvalue weighted by Crippen LogP contribution is 2.51. The fourth-order valence-electron chi connectivity index (χ4n) is 1.57. The molecule has 1 heterocycles. The van der Waals surface area contributed by atoms with Crippen LogP contribution in [0, 0.1) is 11.6 Å². The highest BCUT2D eigenvalue weighted by atomic mass is 19.3. The molecule has 17 heavy (non-hydrogen) atoms. The van der Waals surface area contributed by atoms with Crippen LogP contribution in [0.5, 0.6) is 0 Å². The minimum atomic E-state index is -4.27. The van der Waals surface area contributed by atoms with E-state index in [1.54, 1.807) is 0 Å². The van der Waals surface area contributed by atoms with Gasteiger partial charge in [-0.2, -0.15) is 8.78 Å². The maximum Gasteiger partial charge on any atom is 0.378 e. The number of halogens is 4. The van der Waals surface area contributed by atoms with Gasteiger partial charge in [-0.05, 0) is 12.1 Å². The van der Waals surface area contributed by atoms with E-state index >= 15 is 0 Å². The molecule has 2 rings (SSSR count). The number of rotatable bonds is 3. The third kappa shape index (κ3) is 1.57. The van der Waals surface area contributed by atoms with Gasteiger partial charge in [0.2, 0.25) is 0 Å². The lowest BCUT2D eigenvalue weighted by atomic mass is 9.92. The number of alkyl halides is 2. The van der Waals surface area contributed by atoms with Gasteiger partial charge in [0.15, 0.2) is 5.60 Å². The quantitative estimate of drug-likeness (QED) is 0.658. The fraction of sp³-hybridized carbons (Fsp3) is 0.300. The molecule has 1 aromatic rings. The Bertz CT molecular complexity index is 482. The summed E-state index contributed by atoms with van der Waals surface area (Å²) in [5, 5.41) is 8.40. The number of hydrogen-bond acceptors (Lipinski definition) is 2. The first-order valence-electron chi connectivity index (χ1n) is 4.52. The lowest BCUT2D eigenvalue weighted by molar-refractivity contribution is -0.176. The van der Waals surface area contributed by atoms with Crippen molar-refractivity contribution in [1.29, 1.82) is 0 Å². The van der Waals surface area contributed by atoms with E-state index in [1.807, 2.05) is 0 Å². The topological polar surface area (TPSA) is 49.8 Å². The second-order valence-corrected chi connectivity index (χ2v) is 3.62. The van der Waals surface area contributed by atoms with Crippen LogP contribution in [0.1, 0.15) is 5.56 Å². The van der Waals surface area contributed by atoms with Crippen LogP contribution in [-0.2, 0) is 15.1 Å². The molecule has 0 spiro atoms. The van der Waals surface area contributed by atoms with Crippen LogP contribution in [0.4, 0.5) is 17.6 Å². The largest absolute Gasteiger partial charge is 0.477 e. The van der Waals surface area contributed by atoms with Crippen molar-refractivity contribution in [2.24, 2.45) is 0 Å². The molecule has 1 atom stereocenters. The molecule has 0 radical (unpaired) electrons. The van der Waals surface area contributed by atoms with Gasteiger partial charge in [0, 0.05) is 11.6 Å². The average molecular weight is 250 g/mol. The van der Waals surface area contributed by atoms with E-state index in [9.17, 15) is 22.4 Å². The molecule has 0 saturated carbocycles. The molecule has 1 N–H and O–H groups in total. The number of aliphatic carboxylic acids is 1. The number of carbonyl (C=O) groups is 1. The summed E-state index contributed by atoms with van der Waals surface area (Å²) in [7, 11) is 0. The number of benzene rings is 1. The predicted molar refractivity (Wildman–Crippen MR) is 46.6 cm³/mol. The van der Waals surface area contributed by atoms with Crippen LogP contribution in [0.3, 0.4) is 0 Å². The third-order valence-electron chi connectivity index (χ3n) is 2.58. The molecule has 1 aromatic carbocycles. The summed E-state index contributed by atoms with van der Waals surface area (Å²) in [6, 6.07) is 1.92. The van der Waals surface area contributed by atoms with E-state index in [1.165, 1.54) is 0 Å². The van der Waals surface area contributed by atoms with Crippen molar-refractivity contribution >= 4 is 5.97 Å². The van der Waals surface area contributed by atoms with Crippen LogP contribution >= 0.6 is 0 Å². The van der Waals surface area contributed by atoms with Crippen LogP contribution < -0.4 is 0 Å². The molecule has 92 valence electrons. The Hall–Kier alpha value is -1.63. The molecule has 0 aliphatic carbocycles. The summed E-state index contributed by atoms with van der Waals surface area (Å²) in [5.41, 5.74) is -3.19. The monoisotopic (exact) mass is 250 g/mol. The Kier molecular flexibility index (Phi) is 2.39. The molecule has 1 saturated heterocycles. The van der Waals surface area contributed by atoms with Gasteiger partial charge < -0.3 is 9.84 Å². The first kappa shape index (κ1) is 11.8. The van der Waals surface area contributed by atoms with Crippen molar-refractivity contribution in [1.82, 2.24) is 0 Å². The van der Waals surface area contributed by atoms with Crippen molar-refractivity contribution in [2.45, 2.75) is 11.5 Å². The van der Waals surface area contributed by atoms with Gasteiger partial charge in [0.05, 0.1) is 6.61 Å². The third-order valence-corrected chi connectivity index (χ3v) is 2.58. The highest BCUT2D eigenvalue weighted by molar-refractivity contribution is 5.78. The molecule has 7 heteroatoms. The first-order valence-corrected chi connectivity index (χ1v) is 4.52. The predicted octanol–water partition coefficient (Wildman–Crippen LogP) is 1.91. The van der Waals surface area contributed by atoms with Gasteiger partial charge in [-0.3, -0.25) is 0 Å². The van der Waals surface area contributed by atoms with E-state index in [0.29, 0.717) is 6.07 Å². The van der Waals surface area contributed by atoms with Gasteiger partial charge in [0.1, 0.15) is 11.6 Å². The van der Waals surface area contributed by atoms with Gasteiger partial charge in [-0.15, -0.1) is 0 Å². The molecule has 1 unspecified atom stereocenters.